The number of nitrogens with zero attached hydrogens (tertiary/aromatic N) is 3. The highest BCUT2D eigenvalue weighted by atomic mass is 16.5. The van der Waals surface area contributed by atoms with E-state index in [4.69, 9.17) is 14.2 Å². The number of aromatic nitrogens is 2. The first-order valence-electron chi connectivity index (χ1n) is 16.0. The average molecular weight is 638 g/mol. The van der Waals surface area contributed by atoms with Crippen molar-refractivity contribution in [1.82, 2.24) is 25.1 Å². The van der Waals surface area contributed by atoms with Gasteiger partial charge in [0.1, 0.15) is 17.6 Å². The summed E-state index contributed by atoms with van der Waals surface area (Å²) in [4.78, 5) is 47.0. The number of benzene rings is 3. The van der Waals surface area contributed by atoms with Crippen LogP contribution in [0.1, 0.15) is 34.3 Å². The molecule has 4 aromatic rings. The zero-order chi connectivity index (χ0) is 32.6. The van der Waals surface area contributed by atoms with E-state index in [1.165, 1.54) is 4.90 Å². The van der Waals surface area contributed by atoms with Crippen molar-refractivity contribution < 1.29 is 28.6 Å². The van der Waals surface area contributed by atoms with Crippen molar-refractivity contribution in [3.63, 3.8) is 0 Å². The van der Waals surface area contributed by atoms with Crippen LogP contribution in [0.25, 0.3) is 11.4 Å². The number of carbonyl (C=O) groups excluding carboxylic acids is 3. The summed E-state index contributed by atoms with van der Waals surface area (Å²) in [6, 6.07) is 19.7. The van der Waals surface area contributed by atoms with Crippen LogP contribution in [0.15, 0.2) is 79.1 Å². The van der Waals surface area contributed by atoms with Gasteiger partial charge in [-0.05, 0) is 66.8 Å². The molecule has 11 heteroatoms. The maximum absolute atomic E-state index is 13.9. The minimum Gasteiger partial charge on any atom is -0.493 e. The number of ether oxygens (including phenoxy) is 3. The van der Waals surface area contributed by atoms with Crippen LogP contribution >= 0.6 is 0 Å². The highest BCUT2D eigenvalue weighted by Crippen LogP contribution is 2.32. The standard InChI is InChI=1S/C36H39N5O6/c1-45-31-13-10-27-23-32(31)47-20-6-16-41(36(44)28-11-12-30-26(22-28)9-5-19-46-30)24-33(42)39-29(21-25-7-3-2-4-8-25)35(43)38-15-18-40-17-14-37-34(27)40/h2-4,7-8,10-14,17,22-23,29H,5-6,9,15-16,18-21,24H2,1H3,(H,38,43)(H,39,42)/t29-/m0/s1. The fourth-order valence-corrected chi connectivity index (χ4v) is 5.94. The quantitative estimate of drug-likeness (QED) is 0.350. The van der Waals surface area contributed by atoms with Gasteiger partial charge in [0.05, 0.1) is 26.9 Å². The monoisotopic (exact) mass is 637 g/mol. The van der Waals surface area contributed by atoms with Crippen LogP contribution in [0.4, 0.5) is 0 Å². The molecule has 0 unspecified atom stereocenters. The second-order valence-corrected chi connectivity index (χ2v) is 11.6. The van der Waals surface area contributed by atoms with Crippen molar-refractivity contribution in [2.24, 2.45) is 0 Å². The van der Waals surface area contributed by atoms with Gasteiger partial charge in [0, 0.05) is 49.6 Å². The first-order valence-corrected chi connectivity index (χ1v) is 16.0. The van der Waals surface area contributed by atoms with E-state index in [1.54, 1.807) is 19.4 Å². The number of amides is 3. The molecule has 2 aliphatic rings. The van der Waals surface area contributed by atoms with Gasteiger partial charge in [-0.25, -0.2) is 4.98 Å². The van der Waals surface area contributed by atoms with Crippen LogP contribution in [0.2, 0.25) is 0 Å². The molecule has 0 aliphatic carbocycles. The molecule has 11 nitrogen and oxygen atoms in total. The van der Waals surface area contributed by atoms with Crippen molar-refractivity contribution in [1.29, 1.82) is 0 Å². The normalized spacial score (nSPS) is 17.4. The smallest absolute Gasteiger partial charge is 0.254 e. The Morgan fingerprint density at radius 3 is 2.66 bits per heavy atom. The van der Waals surface area contributed by atoms with Gasteiger partial charge in [0.2, 0.25) is 11.8 Å². The Hall–Kier alpha value is -5.32. The van der Waals surface area contributed by atoms with E-state index in [2.05, 4.69) is 15.6 Å². The number of rotatable bonds is 4. The van der Waals surface area contributed by atoms with E-state index in [9.17, 15) is 14.4 Å². The molecular formula is C36H39N5O6. The third-order valence-corrected chi connectivity index (χ3v) is 8.33. The van der Waals surface area contributed by atoms with Crippen molar-refractivity contribution in [3.8, 4) is 28.6 Å². The Morgan fingerprint density at radius 1 is 0.979 bits per heavy atom. The Balaban J connectivity index is 1.28. The predicted molar refractivity (Wildman–Crippen MR) is 176 cm³/mol. The lowest BCUT2D eigenvalue weighted by atomic mass is 10.0. The number of hydrogen-bond acceptors (Lipinski definition) is 7. The van der Waals surface area contributed by atoms with E-state index in [1.807, 2.05) is 71.4 Å². The molecule has 0 radical (unpaired) electrons. The lowest BCUT2D eigenvalue weighted by Crippen LogP contribution is -2.51. The van der Waals surface area contributed by atoms with Crippen molar-refractivity contribution in [3.05, 3.63) is 95.8 Å². The van der Waals surface area contributed by atoms with Crippen molar-refractivity contribution in [2.45, 2.75) is 38.3 Å². The topological polar surface area (TPSA) is 124 Å². The van der Waals surface area contributed by atoms with Gasteiger partial charge < -0.3 is 34.3 Å². The van der Waals surface area contributed by atoms with E-state index < -0.39 is 11.9 Å². The second kappa shape index (κ2) is 14.8. The van der Waals surface area contributed by atoms with Crippen LogP contribution in [-0.4, -0.2) is 78.2 Å². The van der Waals surface area contributed by atoms with E-state index in [0.717, 1.165) is 35.3 Å². The summed E-state index contributed by atoms with van der Waals surface area (Å²) >= 11 is 0. The molecule has 0 fully saturated rings. The summed E-state index contributed by atoms with van der Waals surface area (Å²) in [5, 5.41) is 5.89. The van der Waals surface area contributed by atoms with Crippen LogP contribution < -0.4 is 24.8 Å². The fraction of sp³-hybridized carbons (Fsp3) is 0.333. The molecule has 3 aromatic carbocycles. The third kappa shape index (κ3) is 7.74. The average Bonchev–Trinajstić information content (AvgIpc) is 3.57. The molecule has 0 saturated heterocycles. The number of aryl methyl sites for hydroxylation is 1. The molecule has 0 spiro atoms. The zero-order valence-electron chi connectivity index (χ0n) is 26.4. The fourth-order valence-electron chi connectivity index (χ4n) is 5.94. The molecule has 6 rings (SSSR count). The molecule has 2 N–H and O–H groups in total. The molecular weight excluding hydrogens is 598 g/mol. The largest absolute Gasteiger partial charge is 0.493 e. The first kappa shape index (κ1) is 31.7. The number of carbonyl (C=O) groups is 3. The molecule has 1 atom stereocenters. The summed E-state index contributed by atoms with van der Waals surface area (Å²) in [6.07, 6.45) is 6.02. The Bertz CT molecular complexity index is 1720. The molecule has 3 amide bonds. The number of fused-ring (bicyclic) bond motifs is 5. The number of methoxy groups -OCH3 is 1. The first-order chi connectivity index (χ1) is 23.0. The van der Waals surface area contributed by atoms with Crippen LogP contribution in [0.3, 0.4) is 0 Å². The van der Waals surface area contributed by atoms with Crippen LogP contribution in [0, 0.1) is 0 Å². The lowest BCUT2D eigenvalue weighted by molar-refractivity contribution is -0.129. The van der Waals surface area contributed by atoms with Gasteiger partial charge in [-0.2, -0.15) is 0 Å². The number of imidazole rings is 1. The van der Waals surface area contributed by atoms with Crippen LogP contribution in [-0.2, 0) is 29.0 Å². The predicted octanol–water partition coefficient (Wildman–Crippen LogP) is 3.65. The van der Waals surface area contributed by atoms with Gasteiger partial charge in [-0.3, -0.25) is 14.4 Å². The van der Waals surface area contributed by atoms with Crippen molar-refractivity contribution in [2.75, 3.05) is 40.0 Å². The summed E-state index contributed by atoms with van der Waals surface area (Å²) in [6.45, 7) is 1.74. The van der Waals surface area contributed by atoms with E-state index in [-0.39, 0.29) is 31.5 Å². The summed E-state index contributed by atoms with van der Waals surface area (Å²) in [7, 11) is 1.58. The number of hydrogen-bond donors (Lipinski definition) is 2. The summed E-state index contributed by atoms with van der Waals surface area (Å²) in [5.74, 6) is 1.60. The molecule has 0 saturated carbocycles. The Labute approximate surface area is 273 Å². The van der Waals surface area contributed by atoms with Gasteiger partial charge in [0.25, 0.3) is 5.91 Å². The second-order valence-electron chi connectivity index (χ2n) is 11.6. The van der Waals surface area contributed by atoms with Gasteiger partial charge in [0.15, 0.2) is 11.5 Å². The molecule has 3 heterocycles. The minimum absolute atomic E-state index is 0.220. The number of nitrogens with one attached hydrogen (secondary N) is 2. The molecule has 244 valence electrons. The maximum atomic E-state index is 13.9. The minimum atomic E-state index is -0.837. The molecule has 47 heavy (non-hydrogen) atoms. The molecule has 2 aliphatic heterocycles. The van der Waals surface area contributed by atoms with Gasteiger partial charge >= 0.3 is 0 Å². The van der Waals surface area contributed by atoms with Crippen molar-refractivity contribution >= 4 is 17.7 Å². The van der Waals surface area contributed by atoms with E-state index in [0.29, 0.717) is 55.4 Å². The SMILES string of the molecule is COc1ccc2cc1OCCCN(C(=O)c1ccc3c(c1)CCCO3)CC(=O)N[C@@H](Cc1ccccc1)C(=O)NCCn1ccnc1-2. The lowest BCUT2D eigenvalue weighted by Gasteiger charge is -2.25. The van der Waals surface area contributed by atoms with Crippen LogP contribution in [0.5, 0.6) is 17.2 Å². The summed E-state index contributed by atoms with van der Waals surface area (Å²) in [5.41, 5.74) is 3.20. The Kier molecular flexibility index (Phi) is 10.00. The third-order valence-electron chi connectivity index (χ3n) is 8.33. The zero-order valence-corrected chi connectivity index (χ0v) is 26.4. The molecule has 2 bridgehead atoms. The summed E-state index contributed by atoms with van der Waals surface area (Å²) < 4.78 is 19.4. The maximum Gasteiger partial charge on any atom is 0.254 e. The highest BCUT2D eigenvalue weighted by molar-refractivity contribution is 5.97. The van der Waals surface area contributed by atoms with E-state index >= 15 is 0 Å². The Morgan fingerprint density at radius 2 is 1.81 bits per heavy atom. The van der Waals surface area contributed by atoms with Gasteiger partial charge in [-0.15, -0.1) is 0 Å². The van der Waals surface area contributed by atoms with Gasteiger partial charge in [-0.1, -0.05) is 30.3 Å². The molecule has 1 aromatic heterocycles. The highest BCUT2D eigenvalue weighted by Gasteiger charge is 2.26.